The van der Waals surface area contributed by atoms with Crippen LogP contribution < -0.4 is 4.90 Å². The Balaban J connectivity index is 2.31. The first-order valence-electron chi connectivity index (χ1n) is 8.36. The van der Waals surface area contributed by atoms with Crippen molar-refractivity contribution in [2.75, 3.05) is 11.9 Å². The maximum Gasteiger partial charge on any atom is 0.258 e. The Bertz CT molecular complexity index is 777. The van der Waals surface area contributed by atoms with Crippen molar-refractivity contribution >= 4 is 37.1 Å². The second-order valence-electron chi connectivity index (χ2n) is 7.74. The van der Waals surface area contributed by atoms with E-state index in [-0.39, 0.29) is 5.91 Å². The van der Waals surface area contributed by atoms with Gasteiger partial charge >= 0.3 is 0 Å². The molecule has 0 N–H and O–H groups in total. The molecular weight excluding hydrogens is 352 g/mol. The number of halogens is 1. The zero-order chi connectivity index (χ0) is 19.0. The van der Waals surface area contributed by atoms with Gasteiger partial charge in [-0.15, -0.1) is 0 Å². The lowest BCUT2D eigenvalue weighted by Gasteiger charge is -2.30. The summed E-state index contributed by atoms with van der Waals surface area (Å²) in [6.07, 6.45) is 1.17. The first kappa shape index (κ1) is 19.7. The minimum Gasteiger partial charge on any atom is -0.400 e. The molecule has 0 bridgehead atoms. The number of benzene rings is 1. The molecule has 0 aliphatic carbocycles. The fourth-order valence-electron chi connectivity index (χ4n) is 3.16. The molecule has 0 radical (unpaired) electrons. The van der Waals surface area contributed by atoms with Crippen LogP contribution in [0, 0.1) is 11.3 Å². The lowest BCUT2D eigenvalue weighted by molar-refractivity contribution is -0.112. The highest BCUT2D eigenvalue weighted by molar-refractivity contribution is 6.69. The van der Waals surface area contributed by atoms with Gasteiger partial charge in [0.1, 0.15) is 5.60 Å². The number of likely N-dealkylation sites (N-methyl/N-ethyl adjacent to an activating group) is 1. The van der Waals surface area contributed by atoms with Gasteiger partial charge in [-0.1, -0.05) is 17.2 Å². The number of carbonyl (C=O) groups excluding carboxylic acids is 1. The van der Waals surface area contributed by atoms with E-state index >= 15 is 0 Å². The molecule has 2 rings (SSSR count). The van der Waals surface area contributed by atoms with Crippen molar-refractivity contribution in [3.63, 3.8) is 0 Å². The molecule has 1 amide bonds. The molecule has 1 aliphatic rings. The number of allylic oxidation sites excluding steroid dienone is 1. The van der Waals surface area contributed by atoms with Crippen LogP contribution in [0.1, 0.15) is 32.3 Å². The van der Waals surface area contributed by atoms with Crippen molar-refractivity contribution in [2.24, 2.45) is 0 Å². The van der Waals surface area contributed by atoms with Crippen molar-refractivity contribution in [1.29, 1.82) is 5.26 Å². The van der Waals surface area contributed by atoms with Crippen molar-refractivity contribution in [2.45, 2.75) is 51.9 Å². The standard InChI is InChI=1S/C19H25ClN2O2Si/c1-13(9-10-19(2,12-21)24-25(4,5)6)17-15-11-14(20)7-8-16(15)22(3)18(17)23/h7-8,11H,9-10H2,1-6H3/b17-13+/t19-/m0/s1. The highest BCUT2D eigenvalue weighted by Gasteiger charge is 2.34. The van der Waals surface area contributed by atoms with Gasteiger partial charge in [-0.2, -0.15) is 5.26 Å². The minimum absolute atomic E-state index is 0.0282. The first-order chi connectivity index (χ1) is 11.5. The first-order valence-corrected chi connectivity index (χ1v) is 12.2. The van der Waals surface area contributed by atoms with Gasteiger partial charge in [0.2, 0.25) is 0 Å². The molecule has 0 saturated heterocycles. The van der Waals surface area contributed by atoms with E-state index in [0.717, 1.165) is 16.8 Å². The third-order valence-electron chi connectivity index (χ3n) is 4.28. The SMILES string of the molecule is C/C(CC[C@@](C)(C#N)O[Si](C)(C)C)=C1\C(=O)N(C)c2ccc(Cl)cc21. The van der Waals surface area contributed by atoms with Gasteiger partial charge in [0, 0.05) is 23.2 Å². The van der Waals surface area contributed by atoms with Crippen LogP contribution in [0.25, 0.3) is 5.57 Å². The van der Waals surface area contributed by atoms with Gasteiger partial charge in [0.05, 0.1) is 11.8 Å². The molecule has 0 aromatic heterocycles. The zero-order valence-corrected chi connectivity index (χ0v) is 17.5. The normalized spacial score (nSPS) is 18.6. The molecule has 0 unspecified atom stereocenters. The van der Waals surface area contributed by atoms with Gasteiger partial charge in [0.25, 0.3) is 5.91 Å². The number of nitriles is 1. The van der Waals surface area contributed by atoms with Crippen molar-refractivity contribution in [3.8, 4) is 6.07 Å². The maximum atomic E-state index is 12.7. The molecule has 1 heterocycles. The summed E-state index contributed by atoms with van der Waals surface area (Å²) in [5.74, 6) is -0.0282. The molecule has 25 heavy (non-hydrogen) atoms. The number of anilines is 1. The largest absolute Gasteiger partial charge is 0.400 e. The number of carbonyl (C=O) groups is 1. The summed E-state index contributed by atoms with van der Waals surface area (Å²) >= 11 is 6.12. The van der Waals surface area contributed by atoms with Crippen LogP contribution in [-0.2, 0) is 9.22 Å². The minimum atomic E-state index is -1.84. The van der Waals surface area contributed by atoms with Crippen molar-refractivity contribution in [3.05, 3.63) is 34.4 Å². The highest BCUT2D eigenvalue weighted by atomic mass is 35.5. The van der Waals surface area contributed by atoms with E-state index in [1.54, 1.807) is 18.0 Å². The zero-order valence-electron chi connectivity index (χ0n) is 15.7. The van der Waals surface area contributed by atoms with E-state index in [0.29, 0.717) is 23.4 Å². The molecule has 1 aromatic carbocycles. The molecule has 1 atom stereocenters. The van der Waals surface area contributed by atoms with E-state index < -0.39 is 13.9 Å². The summed E-state index contributed by atoms with van der Waals surface area (Å²) < 4.78 is 6.06. The summed E-state index contributed by atoms with van der Waals surface area (Å²) in [5, 5.41) is 10.2. The fourth-order valence-corrected chi connectivity index (χ4v) is 4.83. The van der Waals surface area contributed by atoms with Crippen LogP contribution >= 0.6 is 11.6 Å². The summed E-state index contributed by atoms with van der Waals surface area (Å²) in [5.41, 5.74) is 2.54. The number of nitrogens with zero attached hydrogens (tertiary/aromatic N) is 2. The Labute approximate surface area is 156 Å². The average molecular weight is 377 g/mol. The van der Waals surface area contributed by atoms with Crippen molar-refractivity contribution < 1.29 is 9.22 Å². The Morgan fingerprint density at radius 3 is 2.60 bits per heavy atom. The van der Waals surface area contributed by atoms with Crippen LogP contribution in [0.4, 0.5) is 5.69 Å². The Morgan fingerprint density at radius 1 is 1.40 bits per heavy atom. The molecule has 0 fully saturated rings. The molecular formula is C19H25ClN2O2Si. The Hall–Kier alpha value is -1.61. The van der Waals surface area contributed by atoms with Gasteiger partial charge in [-0.3, -0.25) is 4.79 Å². The third kappa shape index (κ3) is 4.32. The monoisotopic (exact) mass is 376 g/mol. The summed E-state index contributed by atoms with van der Waals surface area (Å²) in [6, 6.07) is 7.79. The predicted molar refractivity (Wildman–Crippen MR) is 105 cm³/mol. The molecule has 1 aliphatic heterocycles. The average Bonchev–Trinajstić information content (AvgIpc) is 2.74. The fraction of sp³-hybridized carbons (Fsp3) is 0.474. The van der Waals surface area contributed by atoms with E-state index in [9.17, 15) is 10.1 Å². The number of fused-ring (bicyclic) bond motifs is 1. The van der Waals surface area contributed by atoms with Crippen LogP contribution in [-0.4, -0.2) is 26.9 Å². The van der Waals surface area contributed by atoms with Gasteiger partial charge in [-0.05, 0) is 64.5 Å². The molecule has 134 valence electrons. The lowest BCUT2D eigenvalue weighted by Crippen LogP contribution is -2.39. The van der Waals surface area contributed by atoms with Crippen molar-refractivity contribution in [1.82, 2.24) is 0 Å². The van der Waals surface area contributed by atoms with E-state index in [4.69, 9.17) is 16.0 Å². The quantitative estimate of drug-likeness (QED) is 0.536. The molecule has 0 spiro atoms. The molecule has 1 aromatic rings. The van der Waals surface area contributed by atoms with E-state index in [2.05, 4.69) is 25.7 Å². The van der Waals surface area contributed by atoms with E-state index in [1.807, 2.05) is 26.0 Å². The number of rotatable bonds is 5. The van der Waals surface area contributed by atoms with Crippen LogP contribution in [0.3, 0.4) is 0 Å². The van der Waals surface area contributed by atoms with Gasteiger partial charge < -0.3 is 9.33 Å². The van der Waals surface area contributed by atoms with Crippen LogP contribution in [0.15, 0.2) is 23.8 Å². The van der Waals surface area contributed by atoms with Gasteiger partial charge in [0.15, 0.2) is 8.32 Å². The second-order valence-corrected chi connectivity index (χ2v) is 12.6. The van der Waals surface area contributed by atoms with Crippen LogP contribution in [0.2, 0.25) is 24.7 Å². The summed E-state index contributed by atoms with van der Waals surface area (Å²) in [4.78, 5) is 14.3. The molecule has 0 saturated carbocycles. The molecule has 4 nitrogen and oxygen atoms in total. The Kier molecular flexibility index (Phi) is 5.48. The number of hydrogen-bond donors (Lipinski definition) is 0. The second kappa shape index (κ2) is 6.95. The predicted octanol–water partition coefficient (Wildman–Crippen LogP) is 5.00. The summed E-state index contributed by atoms with van der Waals surface area (Å²) in [7, 11) is -0.0710. The maximum absolute atomic E-state index is 12.7. The highest BCUT2D eigenvalue weighted by Crippen LogP contribution is 2.40. The summed E-state index contributed by atoms with van der Waals surface area (Å²) in [6.45, 7) is 9.99. The lowest BCUT2D eigenvalue weighted by atomic mass is 9.94. The third-order valence-corrected chi connectivity index (χ3v) is 5.58. The van der Waals surface area contributed by atoms with Crippen LogP contribution in [0.5, 0.6) is 0 Å². The topological polar surface area (TPSA) is 53.3 Å². The smallest absolute Gasteiger partial charge is 0.258 e. The Morgan fingerprint density at radius 2 is 2.04 bits per heavy atom. The van der Waals surface area contributed by atoms with Gasteiger partial charge in [-0.25, -0.2) is 0 Å². The molecule has 6 heteroatoms. The van der Waals surface area contributed by atoms with E-state index in [1.165, 1.54) is 0 Å². The number of amides is 1. The number of hydrogen-bond acceptors (Lipinski definition) is 3.